The highest BCUT2D eigenvalue weighted by Gasteiger charge is 2.32. The van der Waals surface area contributed by atoms with Crippen LogP contribution in [0, 0.1) is 5.92 Å². The summed E-state index contributed by atoms with van der Waals surface area (Å²) in [5.74, 6) is 0.232. The fourth-order valence-electron chi connectivity index (χ4n) is 4.49. The van der Waals surface area contributed by atoms with Crippen LogP contribution in [0.4, 0.5) is 0 Å². The van der Waals surface area contributed by atoms with Crippen molar-refractivity contribution in [3.8, 4) is 0 Å². The van der Waals surface area contributed by atoms with E-state index in [1.54, 1.807) is 30.7 Å². The summed E-state index contributed by atoms with van der Waals surface area (Å²) in [5, 5.41) is 3.05. The Morgan fingerprint density at radius 2 is 1.80 bits per heavy atom. The molecule has 0 aliphatic carbocycles. The molecule has 4 heterocycles. The van der Waals surface area contributed by atoms with Gasteiger partial charge in [-0.15, -0.1) is 0 Å². The molecule has 1 N–H and O–H groups in total. The molecule has 2 aromatic rings. The highest BCUT2D eigenvalue weighted by molar-refractivity contribution is 5.94. The van der Waals surface area contributed by atoms with Crippen LogP contribution in [-0.2, 0) is 11.3 Å². The summed E-state index contributed by atoms with van der Waals surface area (Å²) < 4.78 is 0. The van der Waals surface area contributed by atoms with Crippen molar-refractivity contribution in [3.05, 3.63) is 60.2 Å². The number of likely N-dealkylation sites (tertiary alicyclic amines) is 2. The molecule has 0 unspecified atom stereocenters. The van der Waals surface area contributed by atoms with E-state index in [4.69, 9.17) is 0 Å². The van der Waals surface area contributed by atoms with E-state index in [-0.39, 0.29) is 17.7 Å². The second kappa shape index (κ2) is 9.80. The lowest BCUT2D eigenvalue weighted by molar-refractivity contribution is -0.127. The quantitative estimate of drug-likeness (QED) is 0.821. The molecule has 4 rings (SSSR count). The third-order valence-electron chi connectivity index (χ3n) is 6.19. The zero-order valence-electron chi connectivity index (χ0n) is 17.2. The van der Waals surface area contributed by atoms with Crippen LogP contribution >= 0.6 is 0 Å². The SMILES string of the molecule is O=C(NCc1ccccn1)[C@@H]1CCCN(C2CCN(C(=O)c3ccncc3)CC2)C1. The lowest BCUT2D eigenvalue weighted by atomic mass is 9.93. The Bertz CT molecular complexity index is 837. The van der Waals surface area contributed by atoms with Crippen LogP contribution in [0.15, 0.2) is 48.9 Å². The van der Waals surface area contributed by atoms with E-state index >= 15 is 0 Å². The van der Waals surface area contributed by atoms with Crippen molar-refractivity contribution < 1.29 is 9.59 Å². The third-order valence-corrected chi connectivity index (χ3v) is 6.19. The normalized spacial score (nSPS) is 20.7. The Balaban J connectivity index is 1.26. The summed E-state index contributed by atoms with van der Waals surface area (Å²) in [6.45, 7) is 3.84. The number of nitrogens with one attached hydrogen (secondary N) is 1. The summed E-state index contributed by atoms with van der Waals surface area (Å²) in [6.07, 6.45) is 8.95. The summed E-state index contributed by atoms with van der Waals surface area (Å²) in [4.78, 5) is 38.0. The minimum atomic E-state index is 0.0268. The molecule has 2 aliphatic rings. The Morgan fingerprint density at radius 1 is 1.00 bits per heavy atom. The van der Waals surface area contributed by atoms with Crippen molar-refractivity contribution in [2.45, 2.75) is 38.3 Å². The Morgan fingerprint density at radius 3 is 2.53 bits per heavy atom. The van der Waals surface area contributed by atoms with Gasteiger partial charge in [-0.25, -0.2) is 0 Å². The fourth-order valence-corrected chi connectivity index (χ4v) is 4.49. The van der Waals surface area contributed by atoms with Crippen LogP contribution < -0.4 is 5.32 Å². The van der Waals surface area contributed by atoms with E-state index < -0.39 is 0 Å². The van der Waals surface area contributed by atoms with Crippen molar-refractivity contribution in [1.29, 1.82) is 0 Å². The van der Waals surface area contributed by atoms with Gasteiger partial charge in [-0.2, -0.15) is 0 Å². The molecule has 158 valence electrons. The molecule has 2 amide bonds. The zero-order valence-corrected chi connectivity index (χ0v) is 17.2. The maximum Gasteiger partial charge on any atom is 0.253 e. The molecule has 30 heavy (non-hydrogen) atoms. The highest BCUT2D eigenvalue weighted by Crippen LogP contribution is 2.24. The maximum atomic E-state index is 12.7. The number of carbonyl (C=O) groups excluding carboxylic acids is 2. The second-order valence-electron chi connectivity index (χ2n) is 8.13. The summed E-state index contributed by atoms with van der Waals surface area (Å²) in [7, 11) is 0. The third kappa shape index (κ3) is 5.02. The topological polar surface area (TPSA) is 78.4 Å². The largest absolute Gasteiger partial charge is 0.350 e. The van der Waals surface area contributed by atoms with E-state index in [0.29, 0.717) is 18.2 Å². The van der Waals surface area contributed by atoms with Gasteiger partial charge in [0, 0.05) is 49.8 Å². The van der Waals surface area contributed by atoms with Gasteiger partial charge in [0.1, 0.15) is 0 Å². The van der Waals surface area contributed by atoms with E-state index in [1.165, 1.54) is 0 Å². The predicted octanol–water partition coefficient (Wildman–Crippen LogP) is 2.11. The minimum absolute atomic E-state index is 0.0268. The number of carbonyl (C=O) groups is 2. The van der Waals surface area contributed by atoms with Crippen LogP contribution in [0.3, 0.4) is 0 Å². The molecule has 0 bridgehead atoms. The number of aromatic nitrogens is 2. The first-order valence-electron chi connectivity index (χ1n) is 10.8. The van der Waals surface area contributed by atoms with E-state index in [0.717, 1.165) is 57.6 Å². The first kappa shape index (κ1) is 20.5. The maximum absolute atomic E-state index is 12.7. The van der Waals surface area contributed by atoms with Gasteiger partial charge in [0.2, 0.25) is 5.91 Å². The van der Waals surface area contributed by atoms with E-state index in [1.807, 2.05) is 23.1 Å². The summed E-state index contributed by atoms with van der Waals surface area (Å²) in [5.41, 5.74) is 1.58. The van der Waals surface area contributed by atoms with E-state index in [9.17, 15) is 9.59 Å². The van der Waals surface area contributed by atoms with Crippen LogP contribution in [-0.4, -0.2) is 63.8 Å². The monoisotopic (exact) mass is 407 g/mol. The van der Waals surface area contributed by atoms with Crippen LogP contribution in [0.2, 0.25) is 0 Å². The molecular formula is C23H29N5O2. The van der Waals surface area contributed by atoms with Crippen molar-refractivity contribution in [2.24, 2.45) is 5.92 Å². The molecule has 7 nitrogen and oxygen atoms in total. The van der Waals surface area contributed by atoms with Crippen LogP contribution in [0.25, 0.3) is 0 Å². The minimum Gasteiger partial charge on any atom is -0.350 e. The van der Waals surface area contributed by atoms with Gasteiger partial charge in [-0.05, 0) is 56.5 Å². The van der Waals surface area contributed by atoms with Gasteiger partial charge in [0.25, 0.3) is 5.91 Å². The number of hydrogen-bond donors (Lipinski definition) is 1. The molecule has 2 aromatic heterocycles. The fraction of sp³-hybridized carbons (Fsp3) is 0.478. The van der Waals surface area contributed by atoms with Crippen molar-refractivity contribution in [2.75, 3.05) is 26.2 Å². The number of piperidine rings is 2. The smallest absolute Gasteiger partial charge is 0.253 e. The molecule has 2 aliphatic heterocycles. The molecule has 2 saturated heterocycles. The van der Waals surface area contributed by atoms with Gasteiger partial charge in [0.15, 0.2) is 0 Å². The zero-order chi connectivity index (χ0) is 20.8. The Kier molecular flexibility index (Phi) is 6.69. The number of amides is 2. The van der Waals surface area contributed by atoms with Crippen LogP contribution in [0.1, 0.15) is 41.7 Å². The highest BCUT2D eigenvalue weighted by atomic mass is 16.2. The van der Waals surface area contributed by atoms with Crippen molar-refractivity contribution in [3.63, 3.8) is 0 Å². The second-order valence-corrected chi connectivity index (χ2v) is 8.13. The molecule has 2 fully saturated rings. The average Bonchev–Trinajstić information content (AvgIpc) is 2.83. The standard InChI is InChI=1S/C23H29N5O2/c29-22(26-16-20-5-1-2-10-25-20)19-4-3-13-28(17-19)21-8-14-27(15-9-21)23(30)18-6-11-24-12-7-18/h1-2,5-7,10-12,19,21H,3-4,8-9,13-17H2,(H,26,29)/t19-/m1/s1. The summed E-state index contributed by atoms with van der Waals surface area (Å²) in [6, 6.07) is 9.72. The van der Waals surface area contributed by atoms with Gasteiger partial charge < -0.3 is 10.2 Å². The van der Waals surface area contributed by atoms with Crippen molar-refractivity contribution in [1.82, 2.24) is 25.1 Å². The average molecular weight is 408 g/mol. The number of hydrogen-bond acceptors (Lipinski definition) is 5. The number of nitrogens with zero attached hydrogens (tertiary/aromatic N) is 4. The van der Waals surface area contributed by atoms with Gasteiger partial charge in [-0.3, -0.25) is 24.5 Å². The molecular weight excluding hydrogens is 378 g/mol. The molecule has 7 heteroatoms. The van der Waals surface area contributed by atoms with Gasteiger partial charge >= 0.3 is 0 Å². The van der Waals surface area contributed by atoms with Gasteiger partial charge in [0.05, 0.1) is 18.2 Å². The Labute approximate surface area is 177 Å². The first-order chi connectivity index (χ1) is 14.7. The molecule has 1 atom stereocenters. The lowest BCUT2D eigenvalue weighted by Gasteiger charge is -2.42. The Hall–Kier alpha value is -2.80. The molecule has 0 spiro atoms. The predicted molar refractivity (Wildman–Crippen MR) is 114 cm³/mol. The van der Waals surface area contributed by atoms with Crippen molar-refractivity contribution >= 4 is 11.8 Å². The summed E-state index contributed by atoms with van der Waals surface area (Å²) >= 11 is 0. The van der Waals surface area contributed by atoms with E-state index in [2.05, 4.69) is 20.2 Å². The molecule has 0 saturated carbocycles. The molecule has 0 aromatic carbocycles. The number of rotatable bonds is 5. The van der Waals surface area contributed by atoms with Gasteiger partial charge in [-0.1, -0.05) is 6.07 Å². The number of pyridine rings is 2. The van der Waals surface area contributed by atoms with Crippen LogP contribution in [0.5, 0.6) is 0 Å². The lowest BCUT2D eigenvalue weighted by Crippen LogP contribution is -2.51. The molecule has 0 radical (unpaired) electrons. The first-order valence-corrected chi connectivity index (χ1v) is 10.8.